The standard InChI is InChI=1S/C14H12BrF2N/c1-10-12(15)7-8-13(18(10)9-14(16)17)11-5-3-2-4-6-11/h2-8,14H,1,9H2. The highest BCUT2D eigenvalue weighted by Crippen LogP contribution is 2.33. The molecule has 0 atom stereocenters. The summed E-state index contributed by atoms with van der Waals surface area (Å²) in [5.41, 5.74) is 2.19. The van der Waals surface area contributed by atoms with Gasteiger partial charge in [0.25, 0.3) is 6.43 Å². The van der Waals surface area contributed by atoms with Crippen LogP contribution in [0.15, 0.2) is 59.2 Å². The van der Waals surface area contributed by atoms with Crippen LogP contribution in [-0.2, 0) is 0 Å². The molecule has 0 radical (unpaired) electrons. The molecule has 0 fully saturated rings. The number of hydrogen-bond donors (Lipinski definition) is 0. The molecule has 1 heterocycles. The van der Waals surface area contributed by atoms with Crippen molar-refractivity contribution in [3.63, 3.8) is 0 Å². The molecule has 1 aliphatic heterocycles. The monoisotopic (exact) mass is 311 g/mol. The van der Waals surface area contributed by atoms with Crippen molar-refractivity contribution in [2.75, 3.05) is 6.54 Å². The average Bonchev–Trinajstić information content (AvgIpc) is 2.36. The van der Waals surface area contributed by atoms with Gasteiger partial charge in [-0.1, -0.05) is 36.9 Å². The molecule has 0 aromatic heterocycles. The second kappa shape index (κ2) is 5.48. The molecule has 18 heavy (non-hydrogen) atoms. The topological polar surface area (TPSA) is 3.24 Å². The molecule has 94 valence electrons. The van der Waals surface area contributed by atoms with Crippen LogP contribution >= 0.6 is 15.9 Å². The zero-order valence-electron chi connectivity index (χ0n) is 9.61. The Hall–Kier alpha value is -1.42. The molecule has 1 aromatic rings. The Bertz CT molecular complexity index is 506. The zero-order chi connectivity index (χ0) is 13.1. The van der Waals surface area contributed by atoms with Gasteiger partial charge in [0, 0.05) is 15.9 Å². The highest BCUT2D eigenvalue weighted by Gasteiger charge is 2.22. The molecule has 0 amide bonds. The second-order valence-corrected chi connectivity index (χ2v) is 4.74. The van der Waals surface area contributed by atoms with E-state index in [1.54, 1.807) is 0 Å². The van der Waals surface area contributed by atoms with E-state index in [-0.39, 0.29) is 6.54 Å². The first-order valence-corrected chi connectivity index (χ1v) is 6.27. The van der Waals surface area contributed by atoms with Crippen LogP contribution in [0.1, 0.15) is 5.56 Å². The van der Waals surface area contributed by atoms with Gasteiger partial charge >= 0.3 is 0 Å². The van der Waals surface area contributed by atoms with Gasteiger partial charge in [0.1, 0.15) is 0 Å². The summed E-state index contributed by atoms with van der Waals surface area (Å²) in [6.07, 6.45) is 1.23. The third-order valence-corrected chi connectivity index (χ3v) is 3.39. The van der Waals surface area contributed by atoms with Gasteiger partial charge in [-0.3, -0.25) is 0 Å². The first-order valence-electron chi connectivity index (χ1n) is 5.47. The summed E-state index contributed by atoms with van der Waals surface area (Å²) < 4.78 is 26.1. The lowest BCUT2D eigenvalue weighted by Crippen LogP contribution is -2.28. The fraction of sp³-hybridized carbons (Fsp3) is 0.143. The lowest BCUT2D eigenvalue weighted by atomic mass is 10.1. The maximum atomic E-state index is 12.7. The summed E-state index contributed by atoms with van der Waals surface area (Å²) in [4.78, 5) is 1.53. The molecule has 2 rings (SSSR count). The first kappa shape index (κ1) is 13.0. The quantitative estimate of drug-likeness (QED) is 0.799. The highest BCUT2D eigenvalue weighted by molar-refractivity contribution is 9.12. The number of halogens is 3. The molecule has 0 saturated heterocycles. The van der Waals surface area contributed by atoms with E-state index in [1.807, 2.05) is 42.5 Å². The molecule has 0 aliphatic carbocycles. The van der Waals surface area contributed by atoms with Crippen molar-refractivity contribution >= 4 is 21.6 Å². The number of allylic oxidation sites excluding steroid dienone is 3. The third kappa shape index (κ3) is 2.70. The summed E-state index contributed by atoms with van der Waals surface area (Å²) in [6, 6.07) is 9.44. The van der Waals surface area contributed by atoms with Gasteiger partial charge in [-0.15, -0.1) is 0 Å². The molecule has 1 aliphatic rings. The van der Waals surface area contributed by atoms with E-state index in [0.717, 1.165) is 15.7 Å². The molecular weight excluding hydrogens is 300 g/mol. The first-order chi connectivity index (χ1) is 8.59. The van der Waals surface area contributed by atoms with Crippen LogP contribution in [0.25, 0.3) is 5.70 Å². The number of nitrogens with zero attached hydrogens (tertiary/aromatic N) is 1. The fourth-order valence-electron chi connectivity index (χ4n) is 1.82. The van der Waals surface area contributed by atoms with E-state index in [4.69, 9.17) is 0 Å². The Morgan fingerprint density at radius 2 is 1.83 bits per heavy atom. The largest absolute Gasteiger partial charge is 0.335 e. The van der Waals surface area contributed by atoms with Gasteiger partial charge in [0.2, 0.25) is 0 Å². The number of benzene rings is 1. The van der Waals surface area contributed by atoms with Crippen LogP contribution < -0.4 is 0 Å². The molecule has 4 heteroatoms. The average molecular weight is 312 g/mol. The van der Waals surface area contributed by atoms with Crippen LogP contribution in [0.5, 0.6) is 0 Å². The summed E-state index contributed by atoms with van der Waals surface area (Å²) in [7, 11) is 0. The lowest BCUT2D eigenvalue weighted by Gasteiger charge is -2.31. The van der Waals surface area contributed by atoms with E-state index in [2.05, 4.69) is 22.5 Å². The molecule has 0 N–H and O–H groups in total. The smallest absolute Gasteiger partial charge is 0.256 e. The zero-order valence-corrected chi connectivity index (χ0v) is 11.2. The SMILES string of the molecule is C=C1C(Br)=CC=C(c2ccccc2)N1CC(F)F. The summed E-state index contributed by atoms with van der Waals surface area (Å²) in [5.74, 6) is 0. The van der Waals surface area contributed by atoms with Crippen LogP contribution in [0.3, 0.4) is 0 Å². The number of rotatable bonds is 3. The van der Waals surface area contributed by atoms with Crippen molar-refractivity contribution in [1.82, 2.24) is 4.90 Å². The summed E-state index contributed by atoms with van der Waals surface area (Å²) in [6.45, 7) is 3.48. The van der Waals surface area contributed by atoms with Crippen LogP contribution in [0.2, 0.25) is 0 Å². The maximum Gasteiger partial charge on any atom is 0.256 e. The predicted molar refractivity (Wildman–Crippen MR) is 73.3 cm³/mol. The van der Waals surface area contributed by atoms with Gasteiger partial charge in [-0.05, 0) is 33.6 Å². The van der Waals surface area contributed by atoms with Gasteiger partial charge in [-0.2, -0.15) is 0 Å². The molecule has 0 spiro atoms. The van der Waals surface area contributed by atoms with E-state index < -0.39 is 6.43 Å². The predicted octanol–water partition coefficient (Wildman–Crippen LogP) is 4.40. The maximum absolute atomic E-state index is 12.7. The Labute approximate surface area is 113 Å². The number of alkyl halides is 2. The van der Waals surface area contributed by atoms with Crippen molar-refractivity contribution in [3.8, 4) is 0 Å². The molecule has 1 aromatic carbocycles. The molecular formula is C14H12BrF2N. The Morgan fingerprint density at radius 3 is 2.44 bits per heavy atom. The van der Waals surface area contributed by atoms with Gasteiger partial charge in [0.15, 0.2) is 0 Å². The Kier molecular flexibility index (Phi) is 3.97. The Balaban J connectivity index is 2.39. The Morgan fingerprint density at radius 1 is 1.17 bits per heavy atom. The molecule has 0 unspecified atom stereocenters. The van der Waals surface area contributed by atoms with Crippen molar-refractivity contribution in [1.29, 1.82) is 0 Å². The fourth-order valence-corrected chi connectivity index (χ4v) is 2.17. The lowest BCUT2D eigenvalue weighted by molar-refractivity contribution is 0.123. The molecule has 0 bridgehead atoms. The van der Waals surface area contributed by atoms with Gasteiger partial charge in [-0.25, -0.2) is 8.78 Å². The van der Waals surface area contributed by atoms with Crippen molar-refractivity contribution in [3.05, 3.63) is 64.8 Å². The van der Waals surface area contributed by atoms with E-state index in [0.29, 0.717) is 5.70 Å². The van der Waals surface area contributed by atoms with Crippen LogP contribution in [0.4, 0.5) is 8.78 Å². The minimum Gasteiger partial charge on any atom is -0.335 e. The highest BCUT2D eigenvalue weighted by atomic mass is 79.9. The molecule has 1 nitrogen and oxygen atoms in total. The van der Waals surface area contributed by atoms with E-state index in [9.17, 15) is 8.78 Å². The van der Waals surface area contributed by atoms with Gasteiger partial charge in [0.05, 0.1) is 6.54 Å². The van der Waals surface area contributed by atoms with Gasteiger partial charge < -0.3 is 4.90 Å². The summed E-state index contributed by atoms with van der Waals surface area (Å²) in [5, 5.41) is 0. The second-order valence-electron chi connectivity index (χ2n) is 3.88. The molecule has 0 saturated carbocycles. The normalized spacial score (nSPS) is 15.8. The van der Waals surface area contributed by atoms with E-state index >= 15 is 0 Å². The van der Waals surface area contributed by atoms with Crippen molar-refractivity contribution in [2.45, 2.75) is 6.43 Å². The summed E-state index contributed by atoms with van der Waals surface area (Å²) >= 11 is 3.31. The minimum atomic E-state index is -2.41. The van der Waals surface area contributed by atoms with Crippen molar-refractivity contribution in [2.24, 2.45) is 0 Å². The number of hydrogen-bond acceptors (Lipinski definition) is 1. The van der Waals surface area contributed by atoms with Crippen LogP contribution in [0, 0.1) is 0 Å². The van der Waals surface area contributed by atoms with Crippen molar-refractivity contribution < 1.29 is 8.78 Å². The third-order valence-electron chi connectivity index (χ3n) is 2.67. The van der Waals surface area contributed by atoms with E-state index in [1.165, 1.54) is 4.90 Å². The minimum absolute atomic E-state index is 0.359. The van der Waals surface area contributed by atoms with Crippen LogP contribution in [-0.4, -0.2) is 17.9 Å².